The van der Waals surface area contributed by atoms with Crippen LogP contribution in [0.3, 0.4) is 0 Å². The zero-order chi connectivity index (χ0) is 19.0. The van der Waals surface area contributed by atoms with Crippen LogP contribution in [0.5, 0.6) is 5.75 Å². The molecule has 3 aromatic rings. The normalized spacial score (nSPS) is 20.9. The Balaban J connectivity index is 1.91. The van der Waals surface area contributed by atoms with Crippen molar-refractivity contribution in [3.05, 3.63) is 83.8 Å². The molecule has 0 saturated heterocycles. The van der Waals surface area contributed by atoms with Gasteiger partial charge in [0.1, 0.15) is 18.7 Å². The molecular formula is C22H17N5O. The molecule has 1 aliphatic heterocycles. The number of benzene rings is 2. The number of fused-ring (bicyclic) bond motifs is 2. The molecule has 1 aromatic heterocycles. The monoisotopic (exact) mass is 367 g/mol. The van der Waals surface area contributed by atoms with E-state index in [0.717, 1.165) is 27.2 Å². The van der Waals surface area contributed by atoms with Gasteiger partial charge in [0.2, 0.25) is 0 Å². The Morgan fingerprint density at radius 2 is 1.82 bits per heavy atom. The maximum atomic E-state index is 5.79. The fourth-order valence-electron chi connectivity index (χ4n) is 2.63. The first kappa shape index (κ1) is 17.5. The molecule has 0 spiro atoms. The highest BCUT2D eigenvalue weighted by atomic mass is 16.5. The number of allylic oxidation sites excluding steroid dienone is 2. The van der Waals surface area contributed by atoms with Gasteiger partial charge >= 0.3 is 0 Å². The summed E-state index contributed by atoms with van der Waals surface area (Å²) >= 11 is 0. The molecule has 0 fully saturated rings. The van der Waals surface area contributed by atoms with E-state index < -0.39 is 0 Å². The Kier molecular flexibility index (Phi) is 5.39. The van der Waals surface area contributed by atoms with Crippen molar-refractivity contribution >= 4 is 35.3 Å². The van der Waals surface area contributed by atoms with Gasteiger partial charge in [0.25, 0.3) is 0 Å². The van der Waals surface area contributed by atoms with Crippen LogP contribution in [0, 0.1) is 0 Å². The summed E-state index contributed by atoms with van der Waals surface area (Å²) in [5.74, 6) is 1.31. The third-order valence-electron chi connectivity index (χ3n) is 3.96. The molecule has 0 aliphatic carbocycles. The third kappa shape index (κ3) is 4.24. The van der Waals surface area contributed by atoms with Crippen molar-refractivity contribution in [3.63, 3.8) is 0 Å². The minimum absolute atomic E-state index is 0.431. The van der Waals surface area contributed by atoms with Gasteiger partial charge in [-0.05, 0) is 42.5 Å². The average molecular weight is 367 g/mol. The molecule has 0 saturated carbocycles. The zero-order valence-electron chi connectivity index (χ0n) is 15.0. The molecule has 6 heteroatoms. The molecule has 0 N–H and O–H groups in total. The fourth-order valence-corrected chi connectivity index (χ4v) is 2.63. The topological polar surface area (TPSA) is 72.1 Å². The van der Waals surface area contributed by atoms with Crippen LogP contribution in [0.4, 0.5) is 5.82 Å². The standard InChI is InChI=1S/C22H17N5O/c1-2-7-20-17(6-1)15-24-12-5-11-23-10-3-4-13-28-18-8-9-21-19(14-18)22(27-20)26-16-25-21/h1-12,14-16H,13H2/b4-3-,11-5-,17-15+,23-10+,24-12-,27-20+. The van der Waals surface area contributed by atoms with E-state index in [-0.39, 0.29) is 0 Å². The highest BCUT2D eigenvalue weighted by Gasteiger charge is 2.04. The molecule has 1 aliphatic rings. The molecular weight excluding hydrogens is 350 g/mol. The van der Waals surface area contributed by atoms with E-state index in [0.29, 0.717) is 12.4 Å². The van der Waals surface area contributed by atoms with Crippen molar-refractivity contribution in [1.29, 1.82) is 0 Å². The molecule has 0 atom stereocenters. The second kappa shape index (κ2) is 8.64. The number of aromatic nitrogens is 2. The van der Waals surface area contributed by atoms with Crippen LogP contribution in [0.25, 0.3) is 17.1 Å². The van der Waals surface area contributed by atoms with Gasteiger partial charge in [-0.1, -0.05) is 18.2 Å². The van der Waals surface area contributed by atoms with Crippen molar-refractivity contribution in [2.24, 2.45) is 15.0 Å². The first-order valence-electron chi connectivity index (χ1n) is 8.78. The molecule has 6 nitrogen and oxygen atoms in total. The van der Waals surface area contributed by atoms with Crippen LogP contribution < -0.4 is 15.3 Å². The second-order valence-corrected chi connectivity index (χ2v) is 5.85. The highest BCUT2D eigenvalue weighted by molar-refractivity contribution is 5.88. The lowest BCUT2D eigenvalue weighted by Gasteiger charge is -2.06. The maximum Gasteiger partial charge on any atom is 0.163 e. The molecule has 136 valence electrons. The van der Waals surface area contributed by atoms with Crippen molar-refractivity contribution in [2.45, 2.75) is 0 Å². The predicted molar refractivity (Wildman–Crippen MR) is 112 cm³/mol. The van der Waals surface area contributed by atoms with Gasteiger partial charge in [-0.25, -0.2) is 15.0 Å². The van der Waals surface area contributed by atoms with Crippen LogP contribution in [0.15, 0.2) is 88.2 Å². The first-order chi connectivity index (χ1) is 13.9. The predicted octanol–water partition coefficient (Wildman–Crippen LogP) is 2.92. The Morgan fingerprint density at radius 3 is 2.82 bits per heavy atom. The number of aliphatic imine (C=N–C) groups is 2. The van der Waals surface area contributed by atoms with E-state index in [9.17, 15) is 0 Å². The molecule has 28 heavy (non-hydrogen) atoms. The van der Waals surface area contributed by atoms with Crippen molar-refractivity contribution in [2.75, 3.05) is 6.61 Å². The first-order valence-corrected chi connectivity index (χ1v) is 8.78. The molecule has 2 bridgehead atoms. The summed E-state index contributed by atoms with van der Waals surface area (Å²) in [5, 5.41) is 2.49. The fraction of sp³-hybridized carbons (Fsp3) is 0.0455. The quantitative estimate of drug-likeness (QED) is 0.613. The summed E-state index contributed by atoms with van der Waals surface area (Å²) in [6.45, 7) is 0.431. The summed E-state index contributed by atoms with van der Waals surface area (Å²) in [4.78, 5) is 21.9. The van der Waals surface area contributed by atoms with Crippen LogP contribution in [-0.2, 0) is 0 Å². The van der Waals surface area contributed by atoms with Gasteiger partial charge in [0, 0.05) is 35.4 Å². The van der Waals surface area contributed by atoms with E-state index in [1.54, 1.807) is 30.9 Å². The van der Waals surface area contributed by atoms with Crippen molar-refractivity contribution in [3.8, 4) is 5.75 Å². The van der Waals surface area contributed by atoms with Crippen LogP contribution in [0.1, 0.15) is 0 Å². The molecule has 0 radical (unpaired) electrons. The van der Waals surface area contributed by atoms with Gasteiger partial charge in [-0.3, -0.25) is 9.98 Å². The summed E-state index contributed by atoms with van der Waals surface area (Å²) in [6.07, 6.45) is 13.8. The van der Waals surface area contributed by atoms with Gasteiger partial charge in [-0.15, -0.1) is 0 Å². The summed E-state index contributed by atoms with van der Waals surface area (Å²) in [5.41, 5.74) is 0.808. The number of hydrogen-bond acceptors (Lipinski definition) is 6. The molecule has 2 heterocycles. The SMILES string of the molecule is C1=C\N=C\C=C/COc2ccc3ncnc(c3c2)\N=c2/cccc/c2=C\N=C/1. The molecule has 2 aromatic carbocycles. The number of para-hydroxylation sites is 1. The number of rotatable bonds is 0. The zero-order valence-corrected chi connectivity index (χ0v) is 15.0. The van der Waals surface area contributed by atoms with Gasteiger partial charge < -0.3 is 4.74 Å². The lowest BCUT2D eigenvalue weighted by molar-refractivity contribution is 0.363. The van der Waals surface area contributed by atoms with E-state index in [4.69, 9.17) is 9.73 Å². The van der Waals surface area contributed by atoms with E-state index >= 15 is 0 Å². The van der Waals surface area contributed by atoms with E-state index in [1.807, 2.05) is 54.6 Å². The number of ether oxygens (including phenoxy) is 1. The third-order valence-corrected chi connectivity index (χ3v) is 3.96. The van der Waals surface area contributed by atoms with Crippen molar-refractivity contribution < 1.29 is 4.74 Å². The van der Waals surface area contributed by atoms with Crippen LogP contribution >= 0.6 is 0 Å². The van der Waals surface area contributed by atoms with Crippen LogP contribution in [0.2, 0.25) is 0 Å². The van der Waals surface area contributed by atoms with E-state index in [1.165, 1.54) is 6.33 Å². The Hall–Kier alpha value is -3.93. The van der Waals surface area contributed by atoms with Gasteiger partial charge in [0.15, 0.2) is 5.82 Å². The Bertz CT molecular complexity index is 1230. The second-order valence-electron chi connectivity index (χ2n) is 5.85. The number of hydrogen-bond donors (Lipinski definition) is 0. The number of nitrogens with zero attached hydrogens (tertiary/aromatic N) is 5. The molecule has 0 amide bonds. The Labute approximate surface area is 161 Å². The lowest BCUT2D eigenvalue weighted by atomic mass is 10.2. The van der Waals surface area contributed by atoms with Crippen molar-refractivity contribution in [1.82, 2.24) is 9.97 Å². The Morgan fingerprint density at radius 1 is 0.893 bits per heavy atom. The van der Waals surface area contributed by atoms with Gasteiger partial charge in [0.05, 0.1) is 10.9 Å². The average Bonchev–Trinajstić information content (AvgIpc) is 2.73. The molecule has 4 rings (SSSR count). The minimum atomic E-state index is 0.431. The largest absolute Gasteiger partial charge is 0.490 e. The maximum absolute atomic E-state index is 5.79. The van der Waals surface area contributed by atoms with Gasteiger partial charge in [-0.2, -0.15) is 0 Å². The van der Waals surface area contributed by atoms with E-state index in [2.05, 4.69) is 20.0 Å². The highest BCUT2D eigenvalue weighted by Crippen LogP contribution is 2.25. The smallest absolute Gasteiger partial charge is 0.163 e. The summed E-state index contributed by atoms with van der Waals surface area (Å²) in [6, 6.07) is 13.5. The van der Waals surface area contributed by atoms with Crippen LogP contribution in [-0.4, -0.2) is 29.0 Å². The summed E-state index contributed by atoms with van der Waals surface area (Å²) < 4.78 is 5.79. The lowest BCUT2D eigenvalue weighted by Crippen LogP contribution is -2.23. The molecule has 0 unspecified atom stereocenters. The summed E-state index contributed by atoms with van der Waals surface area (Å²) in [7, 11) is 0. The minimum Gasteiger partial charge on any atom is -0.490 e.